The van der Waals surface area contributed by atoms with Crippen LogP contribution in [0, 0.1) is 12.3 Å². The third kappa shape index (κ3) is 1.85. The Morgan fingerprint density at radius 2 is 2.24 bits per heavy atom. The predicted octanol–water partition coefficient (Wildman–Crippen LogP) is 2.79. The summed E-state index contributed by atoms with van der Waals surface area (Å²) in [5.41, 5.74) is 2.30. The Morgan fingerprint density at radius 1 is 1.41 bits per heavy atom. The lowest BCUT2D eigenvalue weighted by atomic mass is 10.1. The predicted molar refractivity (Wildman–Crippen MR) is 69.4 cm³/mol. The Kier molecular flexibility index (Phi) is 2.44. The first-order valence-electron chi connectivity index (χ1n) is 5.57. The van der Waals surface area contributed by atoms with Gasteiger partial charge in [-0.15, -0.1) is 11.3 Å². The molecule has 17 heavy (non-hydrogen) atoms. The quantitative estimate of drug-likeness (QED) is 0.881. The highest BCUT2D eigenvalue weighted by Gasteiger charge is 2.23. The molecule has 0 saturated heterocycles. The van der Waals surface area contributed by atoms with Crippen molar-refractivity contribution < 1.29 is 0 Å². The van der Waals surface area contributed by atoms with E-state index in [0.717, 1.165) is 23.7 Å². The molecule has 0 saturated carbocycles. The van der Waals surface area contributed by atoms with Crippen molar-refractivity contribution in [3.05, 3.63) is 51.5 Å². The number of aromatic nitrogens is 1. The average molecular weight is 243 g/mol. The second-order valence-electron chi connectivity index (χ2n) is 4.23. The Balaban J connectivity index is 1.82. The fourth-order valence-electron chi connectivity index (χ4n) is 2.12. The van der Waals surface area contributed by atoms with Gasteiger partial charge >= 0.3 is 0 Å². The van der Waals surface area contributed by atoms with E-state index >= 15 is 0 Å². The van der Waals surface area contributed by atoms with Gasteiger partial charge in [0.1, 0.15) is 10.8 Å². The van der Waals surface area contributed by atoms with Crippen LogP contribution in [-0.2, 0) is 13.1 Å². The molecule has 0 spiro atoms. The van der Waals surface area contributed by atoms with Crippen LogP contribution in [0.4, 0.5) is 0 Å². The number of fused-ring (bicyclic) bond motifs is 1. The first-order chi connectivity index (χ1) is 8.24. The number of thiazole rings is 1. The number of aryl methyl sites for hydroxylation is 1. The number of benzene rings is 1. The topological polar surface area (TPSA) is 40.0 Å². The standard InChI is InChI=1S/C13H13N3S/c1-9-6-15-12(17-9)8-16-7-10-4-2-3-5-11(10)13(16)14/h2-6,14H,7-8H2,1H3. The molecule has 3 rings (SSSR count). The molecule has 2 aromatic rings. The van der Waals surface area contributed by atoms with Crippen LogP contribution in [-0.4, -0.2) is 15.7 Å². The number of rotatable bonds is 2. The van der Waals surface area contributed by atoms with Gasteiger partial charge in [-0.2, -0.15) is 0 Å². The summed E-state index contributed by atoms with van der Waals surface area (Å²) >= 11 is 1.71. The summed E-state index contributed by atoms with van der Waals surface area (Å²) in [6.45, 7) is 3.63. The Hall–Kier alpha value is -1.68. The van der Waals surface area contributed by atoms with Crippen molar-refractivity contribution in [1.29, 1.82) is 5.41 Å². The number of amidine groups is 1. The normalized spacial score (nSPS) is 14.2. The van der Waals surface area contributed by atoms with Crippen molar-refractivity contribution in [3.63, 3.8) is 0 Å². The number of hydrogen-bond acceptors (Lipinski definition) is 3. The Morgan fingerprint density at radius 3 is 2.94 bits per heavy atom. The summed E-state index contributed by atoms with van der Waals surface area (Å²) < 4.78 is 0. The van der Waals surface area contributed by atoms with Gasteiger partial charge in [-0.25, -0.2) is 4.98 Å². The molecule has 0 bridgehead atoms. The van der Waals surface area contributed by atoms with Gasteiger partial charge in [-0.1, -0.05) is 24.3 Å². The third-order valence-electron chi connectivity index (χ3n) is 2.95. The van der Waals surface area contributed by atoms with Crippen molar-refractivity contribution in [3.8, 4) is 0 Å². The fraction of sp³-hybridized carbons (Fsp3) is 0.231. The van der Waals surface area contributed by atoms with E-state index in [2.05, 4.69) is 22.9 Å². The van der Waals surface area contributed by atoms with Crippen LogP contribution in [0.5, 0.6) is 0 Å². The molecule has 0 amide bonds. The lowest BCUT2D eigenvalue weighted by Crippen LogP contribution is -2.23. The van der Waals surface area contributed by atoms with Crippen molar-refractivity contribution in [2.75, 3.05) is 0 Å². The molecule has 0 unspecified atom stereocenters. The SMILES string of the molecule is Cc1cnc(CN2Cc3ccccc3C2=N)s1. The smallest absolute Gasteiger partial charge is 0.129 e. The van der Waals surface area contributed by atoms with E-state index in [4.69, 9.17) is 5.41 Å². The summed E-state index contributed by atoms with van der Waals surface area (Å²) in [4.78, 5) is 7.65. The molecule has 1 aliphatic rings. The van der Waals surface area contributed by atoms with Gasteiger partial charge in [0, 0.05) is 23.2 Å². The first kappa shape index (κ1) is 10.5. The maximum atomic E-state index is 8.15. The van der Waals surface area contributed by atoms with Gasteiger partial charge in [-0.05, 0) is 12.5 Å². The molecule has 0 atom stereocenters. The first-order valence-corrected chi connectivity index (χ1v) is 6.39. The molecule has 1 aromatic heterocycles. The van der Waals surface area contributed by atoms with Gasteiger partial charge in [0.25, 0.3) is 0 Å². The molecule has 1 aliphatic heterocycles. The fourth-order valence-corrected chi connectivity index (χ4v) is 2.92. The zero-order valence-corrected chi connectivity index (χ0v) is 10.4. The van der Waals surface area contributed by atoms with E-state index in [0.29, 0.717) is 5.84 Å². The van der Waals surface area contributed by atoms with E-state index in [1.807, 2.05) is 24.4 Å². The maximum absolute atomic E-state index is 8.15. The summed E-state index contributed by atoms with van der Waals surface area (Å²) in [5, 5.41) is 9.23. The summed E-state index contributed by atoms with van der Waals surface area (Å²) in [7, 11) is 0. The van der Waals surface area contributed by atoms with Crippen LogP contribution in [0.15, 0.2) is 30.5 Å². The van der Waals surface area contributed by atoms with Crippen molar-refractivity contribution in [2.24, 2.45) is 0 Å². The molecule has 4 heteroatoms. The second kappa shape index (κ2) is 3.96. The molecule has 0 radical (unpaired) electrons. The highest BCUT2D eigenvalue weighted by Crippen LogP contribution is 2.24. The van der Waals surface area contributed by atoms with Gasteiger partial charge < -0.3 is 4.90 Å². The van der Waals surface area contributed by atoms with E-state index in [1.54, 1.807) is 11.3 Å². The molecule has 86 valence electrons. The monoisotopic (exact) mass is 243 g/mol. The van der Waals surface area contributed by atoms with Crippen LogP contribution in [0.1, 0.15) is 21.0 Å². The van der Waals surface area contributed by atoms with Crippen LogP contribution >= 0.6 is 11.3 Å². The van der Waals surface area contributed by atoms with Gasteiger partial charge in [0.2, 0.25) is 0 Å². The lowest BCUT2D eigenvalue weighted by Gasteiger charge is -2.15. The lowest BCUT2D eigenvalue weighted by molar-refractivity contribution is 0.421. The van der Waals surface area contributed by atoms with Crippen molar-refractivity contribution in [1.82, 2.24) is 9.88 Å². The van der Waals surface area contributed by atoms with Crippen LogP contribution in [0.25, 0.3) is 0 Å². The molecule has 1 aromatic carbocycles. The molecule has 1 N–H and O–H groups in total. The summed E-state index contributed by atoms with van der Waals surface area (Å²) in [5.74, 6) is 0.619. The van der Waals surface area contributed by atoms with E-state index in [1.165, 1.54) is 10.4 Å². The average Bonchev–Trinajstić information content (AvgIpc) is 2.86. The number of nitrogens with one attached hydrogen (secondary N) is 1. The van der Waals surface area contributed by atoms with Crippen LogP contribution in [0.3, 0.4) is 0 Å². The molecule has 2 heterocycles. The zero-order valence-electron chi connectivity index (χ0n) is 9.60. The van der Waals surface area contributed by atoms with Crippen molar-refractivity contribution in [2.45, 2.75) is 20.0 Å². The third-order valence-corrected chi connectivity index (χ3v) is 3.84. The van der Waals surface area contributed by atoms with Crippen LogP contribution in [0.2, 0.25) is 0 Å². The highest BCUT2D eigenvalue weighted by atomic mass is 32.1. The summed E-state index contributed by atoms with van der Waals surface area (Å²) in [6.07, 6.45) is 1.90. The summed E-state index contributed by atoms with van der Waals surface area (Å²) in [6, 6.07) is 8.13. The van der Waals surface area contributed by atoms with Gasteiger partial charge in [-0.3, -0.25) is 5.41 Å². The highest BCUT2D eigenvalue weighted by molar-refractivity contribution is 7.11. The van der Waals surface area contributed by atoms with E-state index in [-0.39, 0.29) is 0 Å². The van der Waals surface area contributed by atoms with Gasteiger partial charge in [0.15, 0.2) is 0 Å². The van der Waals surface area contributed by atoms with Crippen LogP contribution < -0.4 is 0 Å². The molecule has 0 fully saturated rings. The van der Waals surface area contributed by atoms with Gasteiger partial charge in [0.05, 0.1) is 6.54 Å². The van der Waals surface area contributed by atoms with E-state index < -0.39 is 0 Å². The molecular formula is C13H13N3S. The molecule has 3 nitrogen and oxygen atoms in total. The minimum Gasteiger partial charge on any atom is -0.345 e. The number of nitrogens with zero attached hydrogens (tertiary/aromatic N) is 2. The number of hydrogen-bond donors (Lipinski definition) is 1. The minimum atomic E-state index is 0.619. The maximum Gasteiger partial charge on any atom is 0.129 e. The van der Waals surface area contributed by atoms with E-state index in [9.17, 15) is 0 Å². The minimum absolute atomic E-state index is 0.619. The molecular weight excluding hydrogens is 230 g/mol. The Bertz CT molecular complexity index is 574. The molecule has 0 aliphatic carbocycles. The Labute approximate surface area is 104 Å². The van der Waals surface area contributed by atoms with Crippen molar-refractivity contribution >= 4 is 17.2 Å². The largest absolute Gasteiger partial charge is 0.345 e. The zero-order chi connectivity index (χ0) is 11.8. The second-order valence-corrected chi connectivity index (χ2v) is 5.55.